The number of benzene rings is 3. The molecule has 7 aromatic heterocycles. The highest BCUT2D eigenvalue weighted by molar-refractivity contribution is 6.36. The first-order valence-corrected chi connectivity index (χ1v) is 31.0. The van der Waals surface area contributed by atoms with Gasteiger partial charge in [-0.25, -0.2) is 15.0 Å². The molecule has 6 N–H and O–H groups in total. The zero-order chi connectivity index (χ0) is 62.4. The van der Waals surface area contributed by atoms with E-state index in [0.29, 0.717) is 46.0 Å². The molecule has 15 rings (SSSR count). The van der Waals surface area contributed by atoms with E-state index < -0.39 is 0 Å². The van der Waals surface area contributed by atoms with Crippen molar-refractivity contribution in [2.24, 2.45) is 32.0 Å². The summed E-state index contributed by atoms with van der Waals surface area (Å²) in [5, 5.41) is 21.7. The minimum Gasteiger partial charge on any atom is -0.383 e. The van der Waals surface area contributed by atoms with Gasteiger partial charge in [-0.3, -0.25) is 33.4 Å². The number of nitrogens with two attached hydrogens (primary N) is 2. The monoisotopic (exact) mass is 1250 g/mol. The van der Waals surface area contributed by atoms with Crippen molar-refractivity contribution in [1.29, 1.82) is 0 Å². The number of halogens is 2. The number of ether oxygens (including phenoxy) is 1. The molecule has 23 heteroatoms. The molecule has 0 bridgehead atoms. The number of nitrogens with one attached hydrogen (secondary N) is 2. The molecule has 12 heterocycles. The fourth-order valence-corrected chi connectivity index (χ4v) is 13.8. The van der Waals surface area contributed by atoms with Crippen LogP contribution < -0.4 is 31.9 Å². The molecule has 5 aliphatic rings. The van der Waals surface area contributed by atoms with Crippen LogP contribution in [0.4, 0.5) is 23.0 Å². The molecule has 0 aliphatic carbocycles. The number of rotatable bonds is 9. The van der Waals surface area contributed by atoms with Crippen LogP contribution in [-0.2, 0) is 35.5 Å². The van der Waals surface area contributed by atoms with E-state index >= 15 is 0 Å². The lowest BCUT2D eigenvalue weighted by Gasteiger charge is -2.39. The number of carbonyl (C=O) groups is 3. The fraction of sp³-hybridized carbons (Fsp3) is 0.313. The average molecular weight is 1250 g/mol. The van der Waals surface area contributed by atoms with Gasteiger partial charge in [0.15, 0.2) is 0 Å². The van der Waals surface area contributed by atoms with Crippen LogP contribution in [0.25, 0.3) is 77.4 Å². The molecule has 21 nitrogen and oxygen atoms in total. The molecule has 3 aromatic carbocycles. The maximum atomic E-state index is 12.8. The number of methoxy groups -OCH3 is 1. The predicted octanol–water partition coefficient (Wildman–Crippen LogP) is 9.64. The summed E-state index contributed by atoms with van der Waals surface area (Å²) in [4.78, 5) is 61.5. The summed E-state index contributed by atoms with van der Waals surface area (Å²) in [5.41, 5.74) is 25.9. The van der Waals surface area contributed by atoms with Crippen LogP contribution in [0.1, 0.15) is 49.0 Å². The van der Waals surface area contributed by atoms with Gasteiger partial charge in [0.1, 0.15) is 22.4 Å². The number of aryl methyl sites for hydroxylation is 3. The highest BCUT2D eigenvalue weighted by Crippen LogP contribution is 2.47. The van der Waals surface area contributed by atoms with Crippen LogP contribution in [0.2, 0.25) is 10.0 Å². The van der Waals surface area contributed by atoms with Gasteiger partial charge in [0.05, 0.1) is 63.0 Å². The molecule has 2 spiro atoms. The number of nitrogens with zero attached hydrogens (tertiary/aromatic N) is 13. The van der Waals surface area contributed by atoms with Crippen LogP contribution in [0.3, 0.4) is 0 Å². The lowest BCUT2D eigenvalue weighted by molar-refractivity contribution is -0.129. The van der Waals surface area contributed by atoms with Gasteiger partial charge in [-0.05, 0) is 90.6 Å². The Kier molecular flexibility index (Phi) is 16.2. The second-order valence-corrected chi connectivity index (χ2v) is 24.8. The van der Waals surface area contributed by atoms with Crippen LogP contribution in [0.5, 0.6) is 0 Å². The lowest BCUT2D eigenvalue weighted by atomic mass is 9.77. The summed E-state index contributed by atoms with van der Waals surface area (Å²) < 4.78 is 10.7. The number of hydrogen-bond acceptors (Lipinski definition) is 15. The van der Waals surface area contributed by atoms with Crippen molar-refractivity contribution in [1.82, 2.24) is 64.8 Å². The smallest absolute Gasteiger partial charge is 0.272 e. The Morgan fingerprint density at radius 3 is 1.68 bits per heavy atom. The maximum Gasteiger partial charge on any atom is 0.272 e. The Morgan fingerprint density at radius 1 is 0.589 bits per heavy atom. The molecule has 10 aromatic rings. The van der Waals surface area contributed by atoms with Crippen molar-refractivity contribution in [2.75, 3.05) is 80.7 Å². The van der Waals surface area contributed by atoms with Gasteiger partial charge in [-0.15, -0.1) is 0 Å². The highest BCUT2D eigenvalue weighted by atomic mass is 35.5. The van der Waals surface area contributed by atoms with E-state index in [9.17, 15) is 14.4 Å². The normalized spacial score (nSPS) is 16.8. The molecular weight excluding hydrogens is 1180 g/mol. The number of hydrogen-bond donors (Lipinski definition) is 4. The Hall–Kier alpha value is -9.44. The molecule has 90 heavy (non-hydrogen) atoms. The minimum atomic E-state index is -0.226. The summed E-state index contributed by atoms with van der Waals surface area (Å²) >= 11 is 13.3. The van der Waals surface area contributed by atoms with E-state index in [1.54, 1.807) is 46.0 Å². The Labute approximate surface area is 530 Å². The van der Waals surface area contributed by atoms with Crippen molar-refractivity contribution in [2.45, 2.75) is 44.6 Å². The molecule has 0 atom stereocenters. The Morgan fingerprint density at radius 2 is 1.12 bits per heavy atom. The second-order valence-electron chi connectivity index (χ2n) is 24.0. The third-order valence-corrected chi connectivity index (χ3v) is 19.3. The molecule has 0 unspecified atom stereocenters. The molecule has 0 radical (unpaired) electrons. The largest absolute Gasteiger partial charge is 0.383 e. The first kappa shape index (κ1) is 59.5. The Balaban J connectivity index is 0.000000124. The number of carbonyl (C=O) groups excluding carboxylic acids is 3. The average Bonchev–Trinajstić information content (AvgIpc) is 1.16. The van der Waals surface area contributed by atoms with Gasteiger partial charge in [0, 0.05) is 156 Å². The van der Waals surface area contributed by atoms with Crippen LogP contribution in [0, 0.1) is 10.8 Å². The summed E-state index contributed by atoms with van der Waals surface area (Å²) in [6.45, 7) is 5.89. The molecule has 460 valence electrons. The molecule has 5 fully saturated rings. The van der Waals surface area contributed by atoms with E-state index in [1.165, 1.54) is 0 Å². The number of piperidine rings is 2. The van der Waals surface area contributed by atoms with Gasteiger partial charge in [0.25, 0.3) is 5.91 Å². The van der Waals surface area contributed by atoms with Gasteiger partial charge in [-0.1, -0.05) is 77.8 Å². The van der Waals surface area contributed by atoms with E-state index in [1.807, 2.05) is 93.3 Å². The SMILES string of the molecule is COC1CN(C(=O)c2ccc3c(N)ncc(-c4ccc(-c5cnn(C)c5)cc4)c3n2)C1.Cn1cc(-c2ccc(-c3cncc(Cl)c3N3CCC4(CCNC4=O)CC3)cc2)cn1.Cn1ncc2cc(-c3cnc(N)c(Cl)c3N3CCC4(CCNC4=O)CC3)ccc21. The zero-order valence-corrected chi connectivity index (χ0v) is 52.0. The minimum absolute atomic E-state index is 0.0955. The second kappa shape index (κ2) is 24.5. The van der Waals surface area contributed by atoms with Crippen LogP contribution >= 0.6 is 23.2 Å². The van der Waals surface area contributed by atoms with Gasteiger partial charge in [0.2, 0.25) is 11.8 Å². The number of nitrogen functional groups attached to an aromatic ring is 2. The first-order valence-electron chi connectivity index (χ1n) is 30.2. The first-order chi connectivity index (χ1) is 43.6. The van der Waals surface area contributed by atoms with Crippen molar-refractivity contribution in [3.05, 3.63) is 150 Å². The maximum absolute atomic E-state index is 12.8. The number of anilines is 4. The summed E-state index contributed by atoms with van der Waals surface area (Å²) in [6.07, 6.45) is 21.9. The van der Waals surface area contributed by atoms with E-state index in [0.717, 1.165) is 161 Å². The number of aromatic nitrogens is 10. The van der Waals surface area contributed by atoms with Crippen molar-refractivity contribution in [3.63, 3.8) is 0 Å². The quantitative estimate of drug-likeness (QED) is 0.105. The lowest BCUT2D eigenvalue weighted by Crippen LogP contribution is -2.54. The standard InChI is InChI=1S/C23H24ClN5O.C23H22N6O2.C21H23ClN6O/c1-28-15-18(12-27-28)16-2-4-17(5-3-16)19-13-25-14-20(24)21(19)29-10-7-23(8-11-29)6-9-26-22(23)30;1-28-11-16(9-26-28)14-3-5-15(6-4-14)19-10-25-22(24)18-7-8-20(27-21(18)19)23(30)29-12-17(13-29)31-2;1-27-16-3-2-13(10-14(16)11-26-27)15-12-25-19(23)17(22)18(15)28-8-5-21(6-9-28)4-7-24-20(21)29/h2-5,12-15H,6-11H2,1H3,(H,26,30);3-11,17H,12-13H2,1-2H3,(H2,24,25);2-3,10-12H,4-9H2,1H3,(H2,23,25)(H,24,29). The number of likely N-dealkylation sites (tertiary alicyclic amines) is 1. The zero-order valence-electron chi connectivity index (χ0n) is 50.5. The third kappa shape index (κ3) is 11.4. The van der Waals surface area contributed by atoms with Crippen LogP contribution in [-0.4, -0.2) is 137 Å². The molecule has 5 aliphatic heterocycles. The molecule has 0 saturated carbocycles. The predicted molar refractivity (Wildman–Crippen MR) is 352 cm³/mol. The van der Waals surface area contributed by atoms with E-state index in [4.69, 9.17) is 39.4 Å². The van der Waals surface area contributed by atoms with Crippen molar-refractivity contribution in [3.8, 4) is 55.6 Å². The van der Waals surface area contributed by atoms with Crippen molar-refractivity contribution < 1.29 is 19.1 Å². The van der Waals surface area contributed by atoms with Crippen molar-refractivity contribution >= 4 is 85.7 Å². The van der Waals surface area contributed by atoms with Gasteiger partial charge < -0.3 is 41.5 Å². The Bertz CT molecular complexity index is 4350. The summed E-state index contributed by atoms with van der Waals surface area (Å²) in [5.74, 6) is 1.02. The topological polar surface area (TPSA) is 251 Å². The van der Waals surface area contributed by atoms with Crippen LogP contribution in [0.15, 0.2) is 135 Å². The van der Waals surface area contributed by atoms with Gasteiger partial charge >= 0.3 is 0 Å². The number of amides is 3. The van der Waals surface area contributed by atoms with Gasteiger partial charge in [-0.2, -0.15) is 15.3 Å². The molecule has 5 saturated heterocycles. The summed E-state index contributed by atoms with van der Waals surface area (Å²) in [7, 11) is 7.39. The molecule has 3 amide bonds. The number of fused-ring (bicyclic) bond motifs is 2. The number of pyridine rings is 4. The highest BCUT2D eigenvalue weighted by Gasteiger charge is 2.46. The van der Waals surface area contributed by atoms with E-state index in [2.05, 4.69) is 98.1 Å². The summed E-state index contributed by atoms with van der Waals surface area (Å²) in [6, 6.07) is 26.3. The van der Waals surface area contributed by atoms with E-state index in [-0.39, 0.29) is 34.7 Å². The molecular formula is C67H69Cl2N17O4. The third-order valence-electron chi connectivity index (χ3n) is 18.7. The fourth-order valence-electron chi connectivity index (χ4n) is 13.2.